The number of hydrogen-bond donors (Lipinski definition) is 1. The number of alkyl halides is 1. The highest BCUT2D eigenvalue weighted by Gasteiger charge is 2.58. The molecule has 0 aliphatic heterocycles. The minimum atomic E-state index is -0.0894. The summed E-state index contributed by atoms with van der Waals surface area (Å²) < 4.78 is 0. The van der Waals surface area contributed by atoms with E-state index in [4.69, 9.17) is 11.6 Å². The minimum Gasteiger partial charge on any atom is -0.393 e. The lowest BCUT2D eigenvalue weighted by molar-refractivity contribution is -0.0351. The third kappa shape index (κ3) is 1.92. The predicted molar refractivity (Wildman–Crippen MR) is 87.4 cm³/mol. The van der Waals surface area contributed by atoms with Crippen molar-refractivity contribution in [2.75, 3.05) is 0 Å². The summed E-state index contributed by atoms with van der Waals surface area (Å²) >= 11 is 6.70. The molecule has 4 rings (SSSR count). The van der Waals surface area contributed by atoms with E-state index in [9.17, 15) is 5.11 Å². The van der Waals surface area contributed by atoms with Crippen LogP contribution in [0.5, 0.6) is 0 Å². The Morgan fingerprint density at radius 2 is 1.90 bits per heavy atom. The van der Waals surface area contributed by atoms with E-state index in [2.05, 4.69) is 19.9 Å². The average Bonchev–Trinajstić information content (AvgIpc) is 2.76. The molecule has 0 heterocycles. The number of hydrogen-bond acceptors (Lipinski definition) is 1. The van der Waals surface area contributed by atoms with Gasteiger partial charge in [-0.1, -0.05) is 25.5 Å². The van der Waals surface area contributed by atoms with Crippen LogP contribution in [0.2, 0.25) is 0 Å². The molecule has 3 saturated carbocycles. The van der Waals surface area contributed by atoms with Crippen molar-refractivity contribution in [3.63, 3.8) is 0 Å². The standard InChI is InChI=1S/C19H29ClO/c1-18-9-7-13(21)11-12(18)3-4-14-15-5-6-17(20)19(15,2)10-8-16(14)18/h3,13-17,21H,4-11H2,1-2H3/t13-,14-,15-,16-,17-,18-,19-/m0/s1. The second-order valence-corrected chi connectivity index (χ2v) is 9.27. The molecule has 0 amide bonds. The number of fused-ring (bicyclic) bond motifs is 5. The Balaban J connectivity index is 1.68. The third-order valence-corrected chi connectivity index (χ3v) is 8.68. The lowest BCUT2D eigenvalue weighted by atomic mass is 9.48. The fourth-order valence-corrected chi connectivity index (χ4v) is 6.97. The topological polar surface area (TPSA) is 20.2 Å². The highest BCUT2D eigenvalue weighted by Crippen LogP contribution is 2.65. The van der Waals surface area contributed by atoms with Crippen LogP contribution in [0.3, 0.4) is 0 Å². The molecule has 0 spiro atoms. The van der Waals surface area contributed by atoms with Crippen LogP contribution in [0.4, 0.5) is 0 Å². The second-order valence-electron chi connectivity index (χ2n) is 8.75. The summed E-state index contributed by atoms with van der Waals surface area (Å²) in [5, 5.41) is 10.4. The smallest absolute Gasteiger partial charge is 0.0577 e. The monoisotopic (exact) mass is 308 g/mol. The molecule has 0 unspecified atom stereocenters. The lowest BCUT2D eigenvalue weighted by Crippen LogP contribution is -2.50. The highest BCUT2D eigenvalue weighted by molar-refractivity contribution is 6.21. The molecule has 2 heteroatoms. The fourth-order valence-electron chi connectivity index (χ4n) is 6.58. The Morgan fingerprint density at radius 1 is 1.10 bits per heavy atom. The highest BCUT2D eigenvalue weighted by atomic mass is 35.5. The molecule has 1 N–H and O–H groups in total. The molecule has 3 fully saturated rings. The summed E-state index contributed by atoms with van der Waals surface area (Å²) in [5.74, 6) is 2.52. The number of halogens is 1. The van der Waals surface area contributed by atoms with E-state index in [1.54, 1.807) is 5.57 Å². The third-order valence-electron chi connectivity index (χ3n) is 7.96. The Bertz CT molecular complexity index is 472. The van der Waals surface area contributed by atoms with Crippen molar-refractivity contribution in [1.29, 1.82) is 0 Å². The molecule has 118 valence electrons. The summed E-state index contributed by atoms with van der Waals surface area (Å²) in [6, 6.07) is 0. The van der Waals surface area contributed by atoms with Crippen LogP contribution in [0, 0.1) is 28.6 Å². The zero-order valence-corrected chi connectivity index (χ0v) is 14.2. The molecule has 0 bridgehead atoms. The van der Waals surface area contributed by atoms with Crippen LogP contribution >= 0.6 is 11.6 Å². The van der Waals surface area contributed by atoms with Crippen molar-refractivity contribution in [3.05, 3.63) is 11.6 Å². The van der Waals surface area contributed by atoms with E-state index in [0.29, 0.717) is 16.2 Å². The van der Waals surface area contributed by atoms with E-state index in [1.165, 1.54) is 38.5 Å². The minimum absolute atomic E-state index is 0.0894. The van der Waals surface area contributed by atoms with Gasteiger partial charge >= 0.3 is 0 Å². The Morgan fingerprint density at radius 3 is 2.71 bits per heavy atom. The number of aliphatic hydroxyl groups excluding tert-OH is 1. The molecular formula is C19H29ClO. The SMILES string of the molecule is C[C@]12CC[C@H]3[C@@H](CC=C4C[C@@H](O)CC[C@@]43C)[C@@H]1CC[C@@H]2Cl. The van der Waals surface area contributed by atoms with Gasteiger partial charge in [0.05, 0.1) is 6.10 Å². The van der Waals surface area contributed by atoms with Gasteiger partial charge in [0.2, 0.25) is 0 Å². The molecule has 4 aliphatic carbocycles. The largest absolute Gasteiger partial charge is 0.393 e. The van der Waals surface area contributed by atoms with Gasteiger partial charge in [0.1, 0.15) is 0 Å². The Labute approximate surface area is 134 Å². The van der Waals surface area contributed by atoms with Crippen LogP contribution in [0.15, 0.2) is 11.6 Å². The van der Waals surface area contributed by atoms with Crippen molar-refractivity contribution in [2.45, 2.75) is 76.7 Å². The first-order chi connectivity index (χ1) is 9.95. The van der Waals surface area contributed by atoms with Gasteiger partial charge in [-0.15, -0.1) is 11.6 Å². The number of rotatable bonds is 0. The van der Waals surface area contributed by atoms with Crippen LogP contribution in [0.25, 0.3) is 0 Å². The van der Waals surface area contributed by atoms with Gasteiger partial charge < -0.3 is 5.11 Å². The van der Waals surface area contributed by atoms with Gasteiger partial charge in [0.15, 0.2) is 0 Å². The summed E-state index contributed by atoms with van der Waals surface area (Å²) in [4.78, 5) is 0. The van der Waals surface area contributed by atoms with Gasteiger partial charge in [0, 0.05) is 5.38 Å². The van der Waals surface area contributed by atoms with E-state index >= 15 is 0 Å². The molecule has 0 aromatic heterocycles. The van der Waals surface area contributed by atoms with Crippen LogP contribution < -0.4 is 0 Å². The summed E-state index contributed by atoms with van der Waals surface area (Å²) in [6.07, 6.45) is 12.0. The van der Waals surface area contributed by atoms with Crippen LogP contribution in [-0.2, 0) is 0 Å². The average molecular weight is 309 g/mol. The van der Waals surface area contributed by atoms with Crippen molar-refractivity contribution < 1.29 is 5.11 Å². The molecule has 21 heavy (non-hydrogen) atoms. The normalized spacial score (nSPS) is 56.2. The zero-order chi connectivity index (χ0) is 14.8. The first-order valence-corrected chi connectivity index (χ1v) is 9.40. The van der Waals surface area contributed by atoms with Crippen molar-refractivity contribution in [2.24, 2.45) is 28.6 Å². The van der Waals surface area contributed by atoms with Crippen LogP contribution in [-0.4, -0.2) is 16.6 Å². The number of allylic oxidation sites excluding steroid dienone is 1. The molecule has 0 radical (unpaired) electrons. The maximum Gasteiger partial charge on any atom is 0.0577 e. The molecule has 4 aliphatic rings. The Kier molecular flexibility index (Phi) is 3.29. The van der Waals surface area contributed by atoms with Crippen molar-refractivity contribution >= 4 is 11.6 Å². The quantitative estimate of drug-likeness (QED) is 0.497. The van der Waals surface area contributed by atoms with Crippen LogP contribution in [0.1, 0.15) is 65.2 Å². The second kappa shape index (κ2) is 4.74. The number of aliphatic hydroxyl groups is 1. The van der Waals surface area contributed by atoms with E-state index < -0.39 is 0 Å². The molecule has 7 atom stereocenters. The predicted octanol–water partition coefficient (Wildman–Crippen LogP) is 4.92. The first-order valence-electron chi connectivity index (χ1n) is 8.97. The fraction of sp³-hybridized carbons (Fsp3) is 0.895. The van der Waals surface area contributed by atoms with E-state index in [1.807, 2.05) is 0 Å². The first kappa shape index (κ1) is 14.6. The van der Waals surface area contributed by atoms with Gasteiger partial charge in [-0.05, 0) is 80.0 Å². The van der Waals surface area contributed by atoms with E-state index in [0.717, 1.165) is 30.6 Å². The summed E-state index contributed by atoms with van der Waals surface area (Å²) in [6.45, 7) is 4.96. The summed E-state index contributed by atoms with van der Waals surface area (Å²) in [7, 11) is 0. The maximum absolute atomic E-state index is 10.0. The van der Waals surface area contributed by atoms with Gasteiger partial charge in [-0.25, -0.2) is 0 Å². The molecule has 0 saturated heterocycles. The Hall–Kier alpha value is -0.0100. The lowest BCUT2D eigenvalue weighted by Gasteiger charge is -2.57. The van der Waals surface area contributed by atoms with Crippen molar-refractivity contribution in [1.82, 2.24) is 0 Å². The zero-order valence-electron chi connectivity index (χ0n) is 13.4. The molecule has 1 nitrogen and oxygen atoms in total. The van der Waals surface area contributed by atoms with Gasteiger partial charge in [-0.3, -0.25) is 0 Å². The van der Waals surface area contributed by atoms with Crippen molar-refractivity contribution in [3.8, 4) is 0 Å². The molecule has 0 aromatic rings. The van der Waals surface area contributed by atoms with Gasteiger partial charge in [0.25, 0.3) is 0 Å². The summed E-state index contributed by atoms with van der Waals surface area (Å²) in [5.41, 5.74) is 2.33. The molecule has 0 aromatic carbocycles. The van der Waals surface area contributed by atoms with E-state index in [-0.39, 0.29) is 6.10 Å². The maximum atomic E-state index is 10.0. The van der Waals surface area contributed by atoms with Gasteiger partial charge in [-0.2, -0.15) is 0 Å². The molecular weight excluding hydrogens is 280 g/mol.